The van der Waals surface area contributed by atoms with Gasteiger partial charge in [0.25, 0.3) is 0 Å². The molecule has 3 N–H and O–H groups in total. The molecule has 106 valence electrons. The van der Waals surface area contributed by atoms with E-state index in [4.69, 9.17) is 0 Å². The topological polar surface area (TPSA) is 91.3 Å². The molecule has 0 atom stereocenters. The summed E-state index contributed by atoms with van der Waals surface area (Å²) in [5.41, 5.74) is 1.39. The number of aliphatic carboxylic acids is 1. The number of carbonyl (C=O) groups is 2. The van der Waals surface area contributed by atoms with Crippen molar-refractivity contribution in [3.63, 3.8) is 0 Å². The van der Waals surface area contributed by atoms with Gasteiger partial charge >= 0.3 is 12.0 Å². The Labute approximate surface area is 116 Å². The van der Waals surface area contributed by atoms with Crippen LogP contribution >= 0.6 is 11.3 Å². The standard InChI is InChI=1S/C12H19N3O3S/c1-4-12(5-2,10(16)17)15-11(18)13-6-9-8(3)14-7-19-9/h7H,4-6H2,1-3H3,(H,16,17)(H2,13,15,18). The highest BCUT2D eigenvalue weighted by molar-refractivity contribution is 7.09. The molecule has 1 aromatic rings. The van der Waals surface area contributed by atoms with E-state index >= 15 is 0 Å². The van der Waals surface area contributed by atoms with Crippen molar-refractivity contribution in [3.05, 3.63) is 16.1 Å². The van der Waals surface area contributed by atoms with E-state index in [0.29, 0.717) is 19.4 Å². The molecule has 6 nitrogen and oxygen atoms in total. The van der Waals surface area contributed by atoms with Gasteiger partial charge in [0.15, 0.2) is 0 Å². The Morgan fingerprint density at radius 2 is 2.05 bits per heavy atom. The van der Waals surface area contributed by atoms with Gasteiger partial charge in [-0.3, -0.25) is 0 Å². The number of carboxylic acid groups (broad SMARTS) is 1. The molecule has 0 unspecified atom stereocenters. The van der Waals surface area contributed by atoms with E-state index in [1.807, 2.05) is 6.92 Å². The Balaban J connectivity index is 2.59. The highest BCUT2D eigenvalue weighted by Crippen LogP contribution is 2.15. The number of carbonyl (C=O) groups excluding carboxylic acids is 1. The number of hydrogen-bond acceptors (Lipinski definition) is 4. The first-order valence-corrected chi connectivity index (χ1v) is 7.01. The number of hydrogen-bond donors (Lipinski definition) is 3. The lowest BCUT2D eigenvalue weighted by Gasteiger charge is -2.28. The minimum Gasteiger partial charge on any atom is -0.480 e. The van der Waals surface area contributed by atoms with Crippen molar-refractivity contribution in [2.45, 2.75) is 45.7 Å². The zero-order valence-electron chi connectivity index (χ0n) is 11.3. The molecular weight excluding hydrogens is 266 g/mol. The van der Waals surface area contributed by atoms with Crippen LogP contribution in [0.4, 0.5) is 4.79 Å². The first-order valence-electron chi connectivity index (χ1n) is 6.13. The highest BCUT2D eigenvalue weighted by Gasteiger charge is 2.36. The van der Waals surface area contributed by atoms with Crippen LogP contribution in [0, 0.1) is 6.92 Å². The molecule has 1 heterocycles. The predicted octanol–water partition coefficient (Wildman–Crippen LogP) is 1.89. The summed E-state index contributed by atoms with van der Waals surface area (Å²) in [6.07, 6.45) is 0.678. The van der Waals surface area contributed by atoms with Gasteiger partial charge in [-0.1, -0.05) is 13.8 Å². The molecule has 1 aromatic heterocycles. The van der Waals surface area contributed by atoms with Gasteiger partial charge in [-0.25, -0.2) is 14.6 Å². The van der Waals surface area contributed by atoms with Crippen LogP contribution in [0.5, 0.6) is 0 Å². The number of aryl methyl sites for hydroxylation is 1. The van der Waals surface area contributed by atoms with Crippen molar-refractivity contribution in [2.24, 2.45) is 0 Å². The summed E-state index contributed by atoms with van der Waals surface area (Å²) in [5.74, 6) is -1.01. The number of nitrogens with zero attached hydrogens (tertiary/aromatic N) is 1. The Morgan fingerprint density at radius 1 is 1.42 bits per heavy atom. The quantitative estimate of drug-likeness (QED) is 0.744. The maximum absolute atomic E-state index is 11.8. The lowest BCUT2D eigenvalue weighted by Crippen LogP contribution is -2.56. The van der Waals surface area contributed by atoms with E-state index < -0.39 is 17.5 Å². The second-order valence-electron chi connectivity index (χ2n) is 4.26. The summed E-state index contributed by atoms with van der Waals surface area (Å²) in [6.45, 7) is 5.70. The Hall–Kier alpha value is -1.63. The molecule has 0 saturated carbocycles. The fourth-order valence-corrected chi connectivity index (χ4v) is 2.42. The Kier molecular flexibility index (Phi) is 5.29. The van der Waals surface area contributed by atoms with Gasteiger partial charge in [0.05, 0.1) is 17.7 Å². The first kappa shape index (κ1) is 15.4. The molecule has 7 heteroatoms. The van der Waals surface area contributed by atoms with Crippen molar-refractivity contribution in [1.82, 2.24) is 15.6 Å². The van der Waals surface area contributed by atoms with Crippen LogP contribution in [0.15, 0.2) is 5.51 Å². The molecule has 0 saturated heterocycles. The zero-order valence-corrected chi connectivity index (χ0v) is 12.1. The number of urea groups is 1. The normalized spacial score (nSPS) is 11.1. The molecule has 1 rings (SSSR count). The molecule has 0 aliphatic rings. The third kappa shape index (κ3) is 3.66. The molecule has 0 bridgehead atoms. The van der Waals surface area contributed by atoms with E-state index in [2.05, 4.69) is 15.6 Å². The third-order valence-corrected chi connectivity index (χ3v) is 4.16. The maximum atomic E-state index is 11.8. The summed E-state index contributed by atoms with van der Waals surface area (Å²) in [6, 6.07) is -0.473. The molecular formula is C12H19N3O3S. The highest BCUT2D eigenvalue weighted by atomic mass is 32.1. The summed E-state index contributed by atoms with van der Waals surface area (Å²) >= 11 is 1.46. The van der Waals surface area contributed by atoms with Gasteiger partial charge in [0.1, 0.15) is 5.54 Å². The van der Waals surface area contributed by atoms with Gasteiger partial charge in [-0.15, -0.1) is 11.3 Å². The molecule has 0 aromatic carbocycles. The summed E-state index contributed by atoms with van der Waals surface area (Å²) in [5, 5.41) is 14.4. The minimum atomic E-state index is -1.20. The third-order valence-electron chi connectivity index (χ3n) is 3.22. The van der Waals surface area contributed by atoms with Crippen molar-refractivity contribution in [1.29, 1.82) is 0 Å². The van der Waals surface area contributed by atoms with Gasteiger partial charge in [0.2, 0.25) is 0 Å². The van der Waals surface area contributed by atoms with E-state index in [9.17, 15) is 14.7 Å². The van der Waals surface area contributed by atoms with Crippen LogP contribution in [0.1, 0.15) is 37.3 Å². The molecule has 19 heavy (non-hydrogen) atoms. The fourth-order valence-electron chi connectivity index (χ4n) is 1.70. The van der Waals surface area contributed by atoms with Crippen LogP contribution in [-0.2, 0) is 11.3 Å². The first-order chi connectivity index (χ1) is 8.95. The number of carboxylic acids is 1. The molecule has 0 fully saturated rings. The van der Waals surface area contributed by atoms with Crippen LogP contribution in [0.2, 0.25) is 0 Å². The smallest absolute Gasteiger partial charge is 0.329 e. The fraction of sp³-hybridized carbons (Fsp3) is 0.583. The van der Waals surface area contributed by atoms with Crippen molar-refractivity contribution in [3.8, 4) is 0 Å². The summed E-state index contributed by atoms with van der Waals surface area (Å²) in [7, 11) is 0. The van der Waals surface area contributed by atoms with Crippen LogP contribution in [0.25, 0.3) is 0 Å². The van der Waals surface area contributed by atoms with Crippen molar-refractivity contribution >= 4 is 23.3 Å². The molecule has 0 aliphatic carbocycles. The van der Waals surface area contributed by atoms with Crippen molar-refractivity contribution < 1.29 is 14.7 Å². The summed E-state index contributed by atoms with van der Waals surface area (Å²) < 4.78 is 0. The molecule has 0 aliphatic heterocycles. The SMILES string of the molecule is CCC(CC)(NC(=O)NCc1scnc1C)C(=O)O. The average Bonchev–Trinajstić information content (AvgIpc) is 2.79. The van der Waals surface area contributed by atoms with Crippen LogP contribution < -0.4 is 10.6 Å². The number of aromatic nitrogens is 1. The predicted molar refractivity (Wildman–Crippen MR) is 73.2 cm³/mol. The molecule has 0 spiro atoms. The number of rotatable bonds is 6. The lowest BCUT2D eigenvalue weighted by atomic mass is 9.93. The van der Waals surface area contributed by atoms with Gasteiger partial charge in [0, 0.05) is 4.88 Å². The van der Waals surface area contributed by atoms with E-state index in [1.165, 1.54) is 11.3 Å². The number of thiazole rings is 1. The van der Waals surface area contributed by atoms with Crippen LogP contribution in [0.3, 0.4) is 0 Å². The van der Waals surface area contributed by atoms with Crippen LogP contribution in [-0.4, -0.2) is 27.6 Å². The maximum Gasteiger partial charge on any atom is 0.329 e. The molecule has 0 radical (unpaired) electrons. The Morgan fingerprint density at radius 3 is 2.47 bits per heavy atom. The minimum absolute atomic E-state index is 0.339. The largest absolute Gasteiger partial charge is 0.480 e. The number of amides is 2. The van der Waals surface area contributed by atoms with E-state index in [1.54, 1.807) is 19.4 Å². The zero-order chi connectivity index (χ0) is 14.5. The van der Waals surface area contributed by atoms with Gasteiger partial charge in [-0.2, -0.15) is 0 Å². The van der Waals surface area contributed by atoms with Crippen molar-refractivity contribution in [2.75, 3.05) is 0 Å². The number of nitrogens with one attached hydrogen (secondary N) is 2. The average molecular weight is 285 g/mol. The lowest BCUT2D eigenvalue weighted by molar-refractivity contribution is -0.144. The van der Waals surface area contributed by atoms with E-state index in [0.717, 1.165) is 10.6 Å². The molecule has 2 amide bonds. The van der Waals surface area contributed by atoms with Gasteiger partial charge < -0.3 is 15.7 Å². The second-order valence-corrected chi connectivity index (χ2v) is 5.20. The second kappa shape index (κ2) is 6.51. The monoisotopic (exact) mass is 285 g/mol. The van der Waals surface area contributed by atoms with Gasteiger partial charge in [-0.05, 0) is 19.8 Å². The summed E-state index contributed by atoms with van der Waals surface area (Å²) in [4.78, 5) is 28.1. The Bertz CT molecular complexity index is 455. The van der Waals surface area contributed by atoms with E-state index in [-0.39, 0.29) is 0 Å².